The lowest BCUT2D eigenvalue weighted by atomic mass is 10.1. The minimum absolute atomic E-state index is 0.0721. The second-order valence-corrected chi connectivity index (χ2v) is 3.55. The van der Waals surface area contributed by atoms with Crippen LogP contribution in [0.2, 0.25) is 5.02 Å². The van der Waals surface area contributed by atoms with Crippen molar-refractivity contribution in [2.75, 3.05) is 0 Å². The molecular formula is C11H11ClO2. The zero-order chi connectivity index (χ0) is 10.6. The second-order valence-electron chi connectivity index (χ2n) is 3.11. The van der Waals surface area contributed by atoms with Gasteiger partial charge in [-0.2, -0.15) is 0 Å². The van der Waals surface area contributed by atoms with E-state index in [4.69, 9.17) is 16.7 Å². The minimum Gasteiger partial charge on any atom is -0.481 e. The van der Waals surface area contributed by atoms with Crippen molar-refractivity contribution >= 4 is 23.6 Å². The predicted octanol–water partition coefficient (Wildman–Crippen LogP) is 3.22. The number of hydrogen-bond donors (Lipinski definition) is 1. The summed E-state index contributed by atoms with van der Waals surface area (Å²) in [6, 6.07) is 7.27. The molecule has 0 aliphatic heterocycles. The lowest BCUT2D eigenvalue weighted by molar-refractivity contribution is -0.136. The molecule has 0 saturated heterocycles. The van der Waals surface area contributed by atoms with Gasteiger partial charge in [0.2, 0.25) is 0 Å². The molecule has 14 heavy (non-hydrogen) atoms. The van der Waals surface area contributed by atoms with Crippen LogP contribution in [0.25, 0.3) is 6.08 Å². The van der Waals surface area contributed by atoms with E-state index in [1.807, 2.05) is 18.2 Å². The molecule has 1 N–H and O–H groups in total. The maximum absolute atomic E-state index is 10.4. The van der Waals surface area contributed by atoms with Crippen LogP contribution in [0.3, 0.4) is 0 Å². The first-order valence-corrected chi connectivity index (χ1v) is 4.60. The van der Waals surface area contributed by atoms with Gasteiger partial charge in [-0.1, -0.05) is 35.4 Å². The van der Waals surface area contributed by atoms with Gasteiger partial charge in [0.25, 0.3) is 0 Å². The van der Waals surface area contributed by atoms with E-state index >= 15 is 0 Å². The number of aliphatic carboxylic acids is 1. The van der Waals surface area contributed by atoms with Crippen LogP contribution in [0, 0.1) is 0 Å². The zero-order valence-corrected chi connectivity index (χ0v) is 8.58. The monoisotopic (exact) mass is 210 g/mol. The summed E-state index contributed by atoms with van der Waals surface area (Å²) in [5.41, 5.74) is 1.79. The van der Waals surface area contributed by atoms with Crippen LogP contribution < -0.4 is 0 Å². The molecule has 0 atom stereocenters. The molecule has 3 heteroatoms. The summed E-state index contributed by atoms with van der Waals surface area (Å²) in [6.45, 7) is 1.79. The molecule has 0 amide bonds. The van der Waals surface area contributed by atoms with Gasteiger partial charge in [-0.15, -0.1) is 0 Å². The van der Waals surface area contributed by atoms with Gasteiger partial charge in [0.1, 0.15) is 0 Å². The smallest absolute Gasteiger partial charge is 0.307 e. The minimum atomic E-state index is -0.812. The standard InChI is InChI=1S/C11H11ClO2/c1-8(7-11(13)14)6-9-2-4-10(12)5-3-9/h2-6H,7H2,1H3,(H,13,14). The number of carboxylic acids is 1. The van der Waals surface area contributed by atoms with Gasteiger partial charge in [0, 0.05) is 5.02 Å². The molecule has 74 valence electrons. The van der Waals surface area contributed by atoms with Crippen molar-refractivity contribution in [3.8, 4) is 0 Å². The maximum Gasteiger partial charge on any atom is 0.307 e. The normalized spacial score (nSPS) is 11.4. The number of hydrogen-bond acceptors (Lipinski definition) is 1. The molecule has 0 aliphatic rings. The lowest BCUT2D eigenvalue weighted by Gasteiger charge is -1.97. The number of rotatable bonds is 3. The van der Waals surface area contributed by atoms with E-state index in [9.17, 15) is 4.79 Å². The Labute approximate surface area is 87.8 Å². The first kappa shape index (κ1) is 10.8. The van der Waals surface area contributed by atoms with Crippen LogP contribution in [0.1, 0.15) is 18.9 Å². The van der Waals surface area contributed by atoms with Crippen molar-refractivity contribution < 1.29 is 9.90 Å². The summed E-state index contributed by atoms with van der Waals surface area (Å²) < 4.78 is 0. The molecule has 0 saturated carbocycles. The third-order valence-electron chi connectivity index (χ3n) is 1.71. The van der Waals surface area contributed by atoms with Crippen LogP contribution >= 0.6 is 11.6 Å². The molecule has 0 aliphatic carbocycles. The van der Waals surface area contributed by atoms with E-state index in [0.29, 0.717) is 5.02 Å². The third kappa shape index (κ3) is 3.62. The van der Waals surface area contributed by atoms with Crippen molar-refractivity contribution in [2.45, 2.75) is 13.3 Å². The van der Waals surface area contributed by atoms with E-state index in [0.717, 1.165) is 11.1 Å². The molecule has 0 unspecified atom stereocenters. The van der Waals surface area contributed by atoms with Crippen molar-refractivity contribution in [3.63, 3.8) is 0 Å². The fraction of sp³-hybridized carbons (Fsp3) is 0.182. The highest BCUT2D eigenvalue weighted by atomic mass is 35.5. The third-order valence-corrected chi connectivity index (χ3v) is 1.97. The predicted molar refractivity (Wildman–Crippen MR) is 57.4 cm³/mol. The Balaban J connectivity index is 2.76. The van der Waals surface area contributed by atoms with Crippen LogP contribution in [0.4, 0.5) is 0 Å². The zero-order valence-electron chi connectivity index (χ0n) is 7.83. The largest absolute Gasteiger partial charge is 0.481 e. The van der Waals surface area contributed by atoms with Gasteiger partial charge >= 0.3 is 5.97 Å². The van der Waals surface area contributed by atoms with E-state index in [1.54, 1.807) is 19.1 Å². The van der Waals surface area contributed by atoms with Crippen LogP contribution in [-0.4, -0.2) is 11.1 Å². The Morgan fingerprint density at radius 1 is 1.43 bits per heavy atom. The average Bonchev–Trinajstić information content (AvgIpc) is 2.07. The van der Waals surface area contributed by atoms with Gasteiger partial charge in [0.15, 0.2) is 0 Å². The number of carboxylic acid groups (broad SMARTS) is 1. The molecular weight excluding hydrogens is 200 g/mol. The number of benzene rings is 1. The Bertz CT molecular complexity index is 352. The summed E-state index contributed by atoms with van der Waals surface area (Å²) in [5.74, 6) is -0.812. The van der Waals surface area contributed by atoms with Crippen LogP contribution in [0.5, 0.6) is 0 Å². The van der Waals surface area contributed by atoms with Gasteiger partial charge in [-0.3, -0.25) is 4.79 Å². The highest BCUT2D eigenvalue weighted by Gasteiger charge is 1.98. The average molecular weight is 211 g/mol. The number of halogens is 1. The Morgan fingerprint density at radius 3 is 2.50 bits per heavy atom. The summed E-state index contributed by atoms with van der Waals surface area (Å²) in [6.07, 6.45) is 1.91. The molecule has 0 radical (unpaired) electrons. The summed E-state index contributed by atoms with van der Waals surface area (Å²) >= 11 is 5.72. The van der Waals surface area contributed by atoms with Gasteiger partial charge < -0.3 is 5.11 Å². The van der Waals surface area contributed by atoms with Gasteiger partial charge in [0.05, 0.1) is 6.42 Å². The topological polar surface area (TPSA) is 37.3 Å². The first-order chi connectivity index (χ1) is 6.58. The van der Waals surface area contributed by atoms with Crippen molar-refractivity contribution in [2.24, 2.45) is 0 Å². The van der Waals surface area contributed by atoms with E-state index in [1.165, 1.54) is 0 Å². The van der Waals surface area contributed by atoms with Gasteiger partial charge in [-0.25, -0.2) is 0 Å². The SMILES string of the molecule is CC(=Cc1ccc(Cl)cc1)CC(=O)O. The fourth-order valence-electron chi connectivity index (χ4n) is 1.13. The van der Waals surface area contributed by atoms with Crippen molar-refractivity contribution in [3.05, 3.63) is 40.4 Å². The second kappa shape index (κ2) is 4.82. The molecule has 0 bridgehead atoms. The van der Waals surface area contributed by atoms with Crippen molar-refractivity contribution in [1.82, 2.24) is 0 Å². The summed E-state index contributed by atoms with van der Waals surface area (Å²) in [4.78, 5) is 10.4. The Hall–Kier alpha value is -1.28. The van der Waals surface area contributed by atoms with Crippen LogP contribution in [-0.2, 0) is 4.79 Å². The fourth-order valence-corrected chi connectivity index (χ4v) is 1.26. The molecule has 1 aromatic rings. The molecule has 0 aromatic heterocycles. The summed E-state index contributed by atoms with van der Waals surface area (Å²) in [7, 11) is 0. The van der Waals surface area contributed by atoms with Crippen molar-refractivity contribution in [1.29, 1.82) is 0 Å². The van der Waals surface area contributed by atoms with Gasteiger partial charge in [-0.05, 0) is 24.6 Å². The van der Waals surface area contributed by atoms with E-state index in [2.05, 4.69) is 0 Å². The molecule has 0 fully saturated rings. The Morgan fingerprint density at radius 2 is 2.00 bits per heavy atom. The lowest BCUT2D eigenvalue weighted by Crippen LogP contribution is -1.94. The highest BCUT2D eigenvalue weighted by Crippen LogP contribution is 2.13. The molecule has 0 spiro atoms. The van der Waals surface area contributed by atoms with E-state index in [-0.39, 0.29) is 6.42 Å². The maximum atomic E-state index is 10.4. The first-order valence-electron chi connectivity index (χ1n) is 4.22. The van der Waals surface area contributed by atoms with E-state index < -0.39 is 5.97 Å². The quantitative estimate of drug-likeness (QED) is 0.832. The number of carbonyl (C=O) groups is 1. The summed E-state index contributed by atoms with van der Waals surface area (Å²) in [5, 5.41) is 9.22. The molecule has 1 rings (SSSR count). The van der Waals surface area contributed by atoms with Crippen LogP contribution in [0.15, 0.2) is 29.8 Å². The Kier molecular flexibility index (Phi) is 3.72. The highest BCUT2D eigenvalue weighted by molar-refractivity contribution is 6.30. The molecule has 1 aromatic carbocycles. The molecule has 0 heterocycles. The molecule has 2 nitrogen and oxygen atoms in total.